The molecular formula is C24H25N3O2S. The average molecular weight is 420 g/mol. The number of nitrogens with zero attached hydrogens (tertiary/aromatic N) is 1. The summed E-state index contributed by atoms with van der Waals surface area (Å²) in [6.45, 7) is 2.86. The molecule has 3 N–H and O–H groups in total. The van der Waals surface area contributed by atoms with Gasteiger partial charge in [-0.2, -0.15) is 0 Å². The molecule has 0 saturated heterocycles. The molecule has 0 spiro atoms. The largest absolute Gasteiger partial charge is 0.369 e. The van der Waals surface area contributed by atoms with Crippen LogP contribution in [0.15, 0.2) is 83.8 Å². The maximum atomic E-state index is 12.9. The lowest BCUT2D eigenvalue weighted by Gasteiger charge is -2.25. The molecule has 0 unspecified atom stereocenters. The van der Waals surface area contributed by atoms with Crippen LogP contribution < -0.4 is 16.0 Å². The molecule has 0 radical (unpaired) electrons. The Morgan fingerprint density at radius 2 is 1.60 bits per heavy atom. The molecule has 3 aromatic carbocycles. The van der Waals surface area contributed by atoms with Crippen molar-refractivity contribution in [2.75, 3.05) is 22.5 Å². The van der Waals surface area contributed by atoms with Crippen molar-refractivity contribution in [2.24, 2.45) is 5.73 Å². The average Bonchev–Trinajstić information content (AvgIpc) is 2.74. The smallest absolute Gasteiger partial charge is 0.243 e. The lowest BCUT2D eigenvalue weighted by Crippen LogP contribution is -2.33. The van der Waals surface area contributed by atoms with Crippen LogP contribution in [0.4, 0.5) is 11.4 Å². The molecule has 0 bridgehead atoms. The molecule has 0 fully saturated rings. The zero-order valence-corrected chi connectivity index (χ0v) is 17.7. The van der Waals surface area contributed by atoms with Crippen molar-refractivity contribution >= 4 is 35.0 Å². The van der Waals surface area contributed by atoms with Gasteiger partial charge in [-0.25, -0.2) is 0 Å². The van der Waals surface area contributed by atoms with Gasteiger partial charge in [-0.1, -0.05) is 60.2 Å². The third-order valence-electron chi connectivity index (χ3n) is 4.48. The van der Waals surface area contributed by atoms with Crippen LogP contribution in [-0.2, 0) is 16.1 Å². The first-order valence-electron chi connectivity index (χ1n) is 9.67. The van der Waals surface area contributed by atoms with E-state index in [9.17, 15) is 9.59 Å². The molecule has 5 nitrogen and oxygen atoms in total. The van der Waals surface area contributed by atoms with Gasteiger partial charge >= 0.3 is 0 Å². The second kappa shape index (κ2) is 10.5. The third-order valence-corrected chi connectivity index (χ3v) is 5.58. The highest BCUT2D eigenvalue weighted by molar-refractivity contribution is 8.00. The molecule has 0 saturated carbocycles. The quantitative estimate of drug-likeness (QED) is 0.509. The number of benzene rings is 3. The first kappa shape index (κ1) is 21.5. The summed E-state index contributed by atoms with van der Waals surface area (Å²) in [5.74, 6) is -0.357. The van der Waals surface area contributed by atoms with Crippen LogP contribution in [-0.4, -0.2) is 24.1 Å². The standard InChI is InChI=1S/C24H25N3O2S/c1-18-11-13-20(14-12-18)27(15-19-7-3-2-4-8-19)16-24(29)26-21-9-5-6-10-22(21)30-17-23(25)28/h2-14H,15-17H2,1H3,(H2,25,28)(H,26,29). The number of hydrogen-bond donors (Lipinski definition) is 2. The van der Waals surface area contributed by atoms with E-state index in [1.165, 1.54) is 17.3 Å². The highest BCUT2D eigenvalue weighted by Crippen LogP contribution is 2.27. The summed E-state index contributed by atoms with van der Waals surface area (Å²) in [4.78, 5) is 26.9. The Kier molecular flexibility index (Phi) is 7.51. The van der Waals surface area contributed by atoms with Gasteiger partial charge in [-0.15, -0.1) is 11.8 Å². The Hall–Kier alpha value is -3.25. The molecule has 3 aromatic rings. The van der Waals surface area contributed by atoms with E-state index in [1.54, 1.807) is 0 Å². The monoisotopic (exact) mass is 419 g/mol. The minimum atomic E-state index is -0.394. The highest BCUT2D eigenvalue weighted by atomic mass is 32.2. The van der Waals surface area contributed by atoms with Gasteiger partial charge in [0.05, 0.1) is 18.0 Å². The molecule has 6 heteroatoms. The molecule has 0 aliphatic rings. The van der Waals surface area contributed by atoms with Gasteiger partial charge in [0.1, 0.15) is 0 Å². The second-order valence-corrected chi connectivity index (χ2v) is 7.99. The fraction of sp³-hybridized carbons (Fsp3) is 0.167. The van der Waals surface area contributed by atoms with Gasteiger partial charge in [0.25, 0.3) is 0 Å². The van der Waals surface area contributed by atoms with Gasteiger partial charge in [-0.3, -0.25) is 9.59 Å². The SMILES string of the molecule is Cc1ccc(N(CC(=O)Nc2ccccc2SCC(N)=O)Cc2ccccc2)cc1. The van der Waals surface area contributed by atoms with Gasteiger partial charge < -0.3 is 16.0 Å². The number of carbonyl (C=O) groups is 2. The lowest BCUT2D eigenvalue weighted by atomic mass is 10.1. The number of aryl methyl sites for hydroxylation is 1. The fourth-order valence-corrected chi connectivity index (χ4v) is 3.75. The fourth-order valence-electron chi connectivity index (χ4n) is 3.01. The van der Waals surface area contributed by atoms with E-state index < -0.39 is 5.91 Å². The van der Waals surface area contributed by atoms with Crippen LogP contribution in [0.5, 0.6) is 0 Å². The van der Waals surface area contributed by atoms with E-state index in [4.69, 9.17) is 5.73 Å². The van der Waals surface area contributed by atoms with E-state index in [0.29, 0.717) is 12.2 Å². The van der Waals surface area contributed by atoms with E-state index in [-0.39, 0.29) is 18.2 Å². The van der Waals surface area contributed by atoms with E-state index >= 15 is 0 Å². The van der Waals surface area contributed by atoms with Crippen LogP contribution in [0, 0.1) is 6.92 Å². The van der Waals surface area contributed by atoms with Crippen LogP contribution in [0.1, 0.15) is 11.1 Å². The Balaban J connectivity index is 1.75. The number of thioether (sulfide) groups is 1. The predicted molar refractivity (Wildman–Crippen MR) is 124 cm³/mol. The summed E-state index contributed by atoms with van der Waals surface area (Å²) in [6, 6.07) is 25.6. The lowest BCUT2D eigenvalue weighted by molar-refractivity contribution is -0.116. The maximum absolute atomic E-state index is 12.9. The summed E-state index contributed by atoms with van der Waals surface area (Å²) in [5.41, 5.74) is 9.21. The summed E-state index contributed by atoms with van der Waals surface area (Å²) < 4.78 is 0. The Morgan fingerprint density at radius 3 is 2.30 bits per heavy atom. The number of anilines is 2. The van der Waals surface area contributed by atoms with Gasteiger partial charge in [0, 0.05) is 17.1 Å². The topological polar surface area (TPSA) is 75.4 Å². The normalized spacial score (nSPS) is 10.4. The molecule has 30 heavy (non-hydrogen) atoms. The summed E-state index contributed by atoms with van der Waals surface area (Å²) in [5, 5.41) is 2.98. The van der Waals surface area contributed by atoms with Crippen molar-refractivity contribution in [1.29, 1.82) is 0 Å². The second-order valence-electron chi connectivity index (χ2n) is 6.98. The van der Waals surface area contributed by atoms with Gasteiger partial charge in [0.15, 0.2) is 0 Å². The molecule has 0 aliphatic carbocycles. The van der Waals surface area contributed by atoms with E-state index in [0.717, 1.165) is 16.1 Å². The van der Waals surface area contributed by atoms with Crippen molar-refractivity contribution in [3.63, 3.8) is 0 Å². The van der Waals surface area contributed by atoms with Gasteiger partial charge in [-0.05, 0) is 36.8 Å². The first-order valence-corrected chi connectivity index (χ1v) is 10.7. The molecule has 0 heterocycles. The first-order chi connectivity index (χ1) is 14.5. The molecule has 3 rings (SSSR count). The molecule has 0 aliphatic heterocycles. The number of hydrogen-bond acceptors (Lipinski definition) is 4. The van der Waals surface area contributed by atoms with Crippen molar-refractivity contribution in [1.82, 2.24) is 0 Å². The number of amides is 2. The molecule has 154 valence electrons. The number of carbonyl (C=O) groups excluding carboxylic acids is 2. The maximum Gasteiger partial charge on any atom is 0.243 e. The number of nitrogens with two attached hydrogens (primary N) is 1. The predicted octanol–water partition coefficient (Wildman–Crippen LogP) is 4.22. The van der Waals surface area contributed by atoms with E-state index in [2.05, 4.69) is 17.4 Å². The summed E-state index contributed by atoms with van der Waals surface area (Å²) in [7, 11) is 0. The van der Waals surface area contributed by atoms with E-state index in [1.807, 2.05) is 78.6 Å². The summed E-state index contributed by atoms with van der Waals surface area (Å²) >= 11 is 1.31. The minimum absolute atomic E-state index is 0.126. The van der Waals surface area contributed by atoms with Crippen LogP contribution in [0.25, 0.3) is 0 Å². The highest BCUT2D eigenvalue weighted by Gasteiger charge is 2.14. The van der Waals surface area contributed by atoms with Crippen molar-refractivity contribution in [3.05, 3.63) is 90.0 Å². The molecule has 0 atom stereocenters. The number of primary amides is 1. The third kappa shape index (κ3) is 6.39. The molecular weight excluding hydrogens is 394 g/mol. The van der Waals surface area contributed by atoms with Crippen LogP contribution in [0.3, 0.4) is 0 Å². The number of rotatable bonds is 9. The van der Waals surface area contributed by atoms with Crippen LogP contribution >= 0.6 is 11.8 Å². The Bertz CT molecular complexity index is 991. The summed E-state index contributed by atoms with van der Waals surface area (Å²) in [6.07, 6.45) is 0. The minimum Gasteiger partial charge on any atom is -0.369 e. The van der Waals surface area contributed by atoms with Crippen molar-refractivity contribution in [2.45, 2.75) is 18.4 Å². The number of nitrogens with one attached hydrogen (secondary N) is 1. The van der Waals surface area contributed by atoms with Crippen molar-refractivity contribution in [3.8, 4) is 0 Å². The Morgan fingerprint density at radius 1 is 0.933 bits per heavy atom. The molecule has 2 amide bonds. The van der Waals surface area contributed by atoms with Crippen molar-refractivity contribution < 1.29 is 9.59 Å². The van der Waals surface area contributed by atoms with Crippen LogP contribution in [0.2, 0.25) is 0 Å². The number of para-hydroxylation sites is 1. The molecule has 0 aromatic heterocycles. The van der Waals surface area contributed by atoms with Gasteiger partial charge in [0.2, 0.25) is 11.8 Å². The zero-order valence-electron chi connectivity index (χ0n) is 16.9. The Labute approximate surface area is 181 Å². The zero-order chi connectivity index (χ0) is 21.3.